The highest BCUT2D eigenvalue weighted by Crippen LogP contribution is 2.21. The molecule has 0 saturated carbocycles. The summed E-state index contributed by atoms with van der Waals surface area (Å²) in [5, 5.41) is 14.5. The topological polar surface area (TPSA) is 116 Å². The third-order valence-electron chi connectivity index (χ3n) is 5.50. The van der Waals surface area contributed by atoms with E-state index in [0.29, 0.717) is 31.0 Å². The third kappa shape index (κ3) is 5.45. The zero-order valence-corrected chi connectivity index (χ0v) is 18.1. The quantitative estimate of drug-likeness (QED) is 0.632. The highest BCUT2D eigenvalue weighted by molar-refractivity contribution is 6.06. The number of aromatic nitrogens is 1. The van der Waals surface area contributed by atoms with Gasteiger partial charge < -0.3 is 20.1 Å². The Kier molecular flexibility index (Phi) is 6.99. The van der Waals surface area contributed by atoms with Gasteiger partial charge in [-0.15, -0.1) is 0 Å². The van der Waals surface area contributed by atoms with Gasteiger partial charge in [-0.25, -0.2) is 0 Å². The molecule has 0 aliphatic carbocycles. The number of nitrogens with one attached hydrogen (secondary N) is 2. The average molecular weight is 425 g/mol. The number of benzene rings is 1. The molecule has 1 aromatic carbocycles. The maximum absolute atomic E-state index is 12.7. The normalized spacial score (nSPS) is 16.7. The second kappa shape index (κ2) is 9.68. The molecule has 1 aliphatic heterocycles. The first-order valence-electron chi connectivity index (χ1n) is 10.4. The minimum absolute atomic E-state index is 0.0694. The summed E-state index contributed by atoms with van der Waals surface area (Å²) in [6, 6.07) is 8.56. The zero-order chi connectivity index (χ0) is 22.5. The number of amides is 2. The molecule has 2 heterocycles. The maximum atomic E-state index is 12.7. The molecule has 0 spiro atoms. The van der Waals surface area contributed by atoms with Crippen molar-refractivity contribution in [3.63, 3.8) is 0 Å². The highest BCUT2D eigenvalue weighted by atomic mass is 16.5. The standard InChI is InChI=1S/C23H28N4O4/c1-14-11-19(31-26-14)12-21(29)27-10-4-5-20(27)23(30)25-13-17-6-8-18(9-7-17)22(15(2)24)16(3)28/h6-9,11,20,22,24H,4-5,10,12-13H2,1-3H3,(H,25,30). The minimum atomic E-state index is -0.533. The first-order valence-corrected chi connectivity index (χ1v) is 10.4. The maximum Gasteiger partial charge on any atom is 0.243 e. The predicted octanol–water partition coefficient (Wildman–Crippen LogP) is 2.55. The van der Waals surface area contributed by atoms with Crippen LogP contribution in [0.1, 0.15) is 55.2 Å². The summed E-state index contributed by atoms with van der Waals surface area (Å²) in [5.41, 5.74) is 2.68. The molecule has 164 valence electrons. The van der Waals surface area contributed by atoms with Crippen LogP contribution < -0.4 is 5.32 Å². The lowest BCUT2D eigenvalue weighted by Crippen LogP contribution is -2.46. The number of hydrogen-bond acceptors (Lipinski definition) is 6. The second-order valence-electron chi connectivity index (χ2n) is 8.04. The van der Waals surface area contributed by atoms with Crippen molar-refractivity contribution in [1.29, 1.82) is 5.41 Å². The molecule has 0 bridgehead atoms. The number of aryl methyl sites for hydroxylation is 1. The number of Topliss-reactive ketones (excluding diaryl/α,β-unsaturated/α-hetero) is 1. The fraction of sp³-hybridized carbons (Fsp3) is 0.435. The molecule has 1 aromatic heterocycles. The first kappa shape index (κ1) is 22.4. The molecule has 0 radical (unpaired) electrons. The van der Waals surface area contributed by atoms with Crippen LogP contribution in [-0.2, 0) is 27.3 Å². The number of likely N-dealkylation sites (tertiary alicyclic amines) is 1. The van der Waals surface area contributed by atoms with E-state index in [0.717, 1.165) is 23.2 Å². The van der Waals surface area contributed by atoms with Gasteiger partial charge in [-0.3, -0.25) is 14.4 Å². The lowest BCUT2D eigenvalue weighted by Gasteiger charge is -2.23. The van der Waals surface area contributed by atoms with Crippen LogP contribution in [0.3, 0.4) is 0 Å². The van der Waals surface area contributed by atoms with E-state index in [1.807, 2.05) is 24.3 Å². The van der Waals surface area contributed by atoms with E-state index in [1.165, 1.54) is 6.92 Å². The van der Waals surface area contributed by atoms with Crippen LogP contribution in [0.5, 0.6) is 0 Å². The second-order valence-corrected chi connectivity index (χ2v) is 8.04. The van der Waals surface area contributed by atoms with Crippen LogP contribution >= 0.6 is 0 Å². The number of ketones is 1. The Morgan fingerprint density at radius 2 is 1.97 bits per heavy atom. The van der Waals surface area contributed by atoms with Gasteiger partial charge >= 0.3 is 0 Å². The molecular weight excluding hydrogens is 396 g/mol. The lowest BCUT2D eigenvalue weighted by atomic mass is 9.91. The summed E-state index contributed by atoms with van der Waals surface area (Å²) in [4.78, 5) is 38.8. The van der Waals surface area contributed by atoms with Crippen molar-refractivity contribution in [3.05, 3.63) is 52.9 Å². The molecule has 2 aromatic rings. The predicted molar refractivity (Wildman–Crippen MR) is 115 cm³/mol. The molecule has 3 rings (SSSR count). The number of hydrogen-bond donors (Lipinski definition) is 2. The monoisotopic (exact) mass is 424 g/mol. The van der Waals surface area contributed by atoms with Gasteiger partial charge in [0.25, 0.3) is 0 Å². The van der Waals surface area contributed by atoms with Gasteiger partial charge in [-0.05, 0) is 44.7 Å². The van der Waals surface area contributed by atoms with Crippen molar-refractivity contribution in [3.8, 4) is 0 Å². The number of nitrogens with zero attached hydrogens (tertiary/aromatic N) is 2. The van der Waals surface area contributed by atoms with E-state index in [9.17, 15) is 14.4 Å². The highest BCUT2D eigenvalue weighted by Gasteiger charge is 2.34. The van der Waals surface area contributed by atoms with Crippen molar-refractivity contribution >= 4 is 23.3 Å². The van der Waals surface area contributed by atoms with Crippen molar-refractivity contribution in [2.24, 2.45) is 0 Å². The third-order valence-corrected chi connectivity index (χ3v) is 5.50. The van der Waals surface area contributed by atoms with Gasteiger partial charge in [0, 0.05) is 24.9 Å². The zero-order valence-electron chi connectivity index (χ0n) is 18.1. The molecule has 8 heteroatoms. The van der Waals surface area contributed by atoms with Gasteiger partial charge in [0.1, 0.15) is 17.6 Å². The summed E-state index contributed by atoms with van der Waals surface area (Å²) in [6.07, 6.45) is 1.50. The molecule has 2 N–H and O–H groups in total. The van der Waals surface area contributed by atoms with E-state index in [2.05, 4.69) is 10.5 Å². The Morgan fingerprint density at radius 3 is 2.55 bits per heavy atom. The average Bonchev–Trinajstić information content (AvgIpc) is 3.36. The fourth-order valence-electron chi connectivity index (χ4n) is 4.01. The number of carbonyl (C=O) groups excluding carboxylic acids is 3. The minimum Gasteiger partial charge on any atom is -0.361 e. The van der Waals surface area contributed by atoms with Crippen LogP contribution in [0.4, 0.5) is 0 Å². The summed E-state index contributed by atoms with van der Waals surface area (Å²) < 4.78 is 5.12. The summed E-state index contributed by atoms with van der Waals surface area (Å²) >= 11 is 0. The summed E-state index contributed by atoms with van der Waals surface area (Å²) in [6.45, 7) is 5.78. The largest absolute Gasteiger partial charge is 0.361 e. The van der Waals surface area contributed by atoms with Crippen LogP contribution in [0, 0.1) is 12.3 Å². The Bertz CT molecular complexity index is 966. The van der Waals surface area contributed by atoms with Crippen LogP contribution in [0.15, 0.2) is 34.9 Å². The molecular formula is C23H28N4O4. The Morgan fingerprint density at radius 1 is 1.26 bits per heavy atom. The van der Waals surface area contributed by atoms with Crippen LogP contribution in [0.2, 0.25) is 0 Å². The molecule has 2 amide bonds. The number of rotatable bonds is 8. The van der Waals surface area contributed by atoms with E-state index < -0.39 is 12.0 Å². The number of carbonyl (C=O) groups is 3. The van der Waals surface area contributed by atoms with Crippen molar-refractivity contribution in [1.82, 2.24) is 15.4 Å². The molecule has 1 fully saturated rings. The first-order chi connectivity index (χ1) is 14.8. The van der Waals surface area contributed by atoms with Crippen molar-refractivity contribution in [2.75, 3.05) is 6.54 Å². The molecule has 1 saturated heterocycles. The Balaban J connectivity index is 1.57. The van der Waals surface area contributed by atoms with E-state index in [4.69, 9.17) is 9.93 Å². The van der Waals surface area contributed by atoms with Gasteiger partial charge in [0.05, 0.1) is 18.0 Å². The van der Waals surface area contributed by atoms with Crippen molar-refractivity contribution in [2.45, 2.75) is 58.5 Å². The van der Waals surface area contributed by atoms with Crippen LogP contribution in [0.25, 0.3) is 0 Å². The van der Waals surface area contributed by atoms with E-state index >= 15 is 0 Å². The SMILES string of the molecule is CC(=N)C(C(C)=O)c1ccc(CNC(=O)C2CCCN2C(=O)Cc2cc(C)no2)cc1. The van der Waals surface area contributed by atoms with Gasteiger partial charge in [0.15, 0.2) is 0 Å². The molecule has 31 heavy (non-hydrogen) atoms. The van der Waals surface area contributed by atoms with Gasteiger partial charge in [-0.2, -0.15) is 0 Å². The summed E-state index contributed by atoms with van der Waals surface area (Å²) in [5.74, 6) is -0.427. The van der Waals surface area contributed by atoms with Crippen molar-refractivity contribution < 1.29 is 18.9 Å². The van der Waals surface area contributed by atoms with Crippen LogP contribution in [-0.4, -0.2) is 46.0 Å². The molecule has 8 nitrogen and oxygen atoms in total. The molecule has 2 atom stereocenters. The smallest absolute Gasteiger partial charge is 0.243 e. The van der Waals surface area contributed by atoms with Gasteiger partial charge in [-0.1, -0.05) is 29.4 Å². The van der Waals surface area contributed by atoms with Gasteiger partial charge in [0.2, 0.25) is 11.8 Å². The van der Waals surface area contributed by atoms with E-state index in [-0.39, 0.29) is 24.0 Å². The summed E-state index contributed by atoms with van der Waals surface area (Å²) in [7, 11) is 0. The van der Waals surface area contributed by atoms with E-state index in [1.54, 1.807) is 24.8 Å². The Labute approximate surface area is 181 Å². The fourth-order valence-corrected chi connectivity index (χ4v) is 4.01. The molecule has 1 aliphatic rings. The Hall–Kier alpha value is -3.29. The lowest BCUT2D eigenvalue weighted by molar-refractivity contribution is -0.138. The molecule has 2 unspecified atom stereocenters.